The van der Waals surface area contributed by atoms with Gasteiger partial charge in [-0.05, 0) is 40.2 Å². The zero-order valence-electron chi connectivity index (χ0n) is 22.7. The number of fused-ring (bicyclic) bond motifs is 1. The van der Waals surface area contributed by atoms with Crippen LogP contribution in [0.15, 0.2) is 21.8 Å². The predicted molar refractivity (Wildman–Crippen MR) is 151 cm³/mol. The minimum atomic E-state index is -1.04. The Hall–Kier alpha value is -3.21. The highest BCUT2D eigenvalue weighted by Gasteiger charge is 2.57. The summed E-state index contributed by atoms with van der Waals surface area (Å²) < 4.78 is 10.1. The molecule has 0 aromatic carbocycles. The van der Waals surface area contributed by atoms with Crippen molar-refractivity contribution >= 4 is 82.3 Å². The van der Waals surface area contributed by atoms with Gasteiger partial charge in [-0.15, -0.1) is 35.5 Å². The number of nitrogens with one attached hydrogen (secondary N) is 1. The Morgan fingerprint density at radius 1 is 1.32 bits per heavy atom. The maximum atomic E-state index is 13.4. The Bertz CT molecular complexity index is 1230. The Kier molecular flexibility index (Phi) is 11.1. The smallest absolute Gasteiger partial charge is 0.357 e. The van der Waals surface area contributed by atoms with Crippen LogP contribution in [0.2, 0.25) is 0 Å². The van der Waals surface area contributed by atoms with E-state index in [0.29, 0.717) is 11.3 Å². The van der Waals surface area contributed by atoms with E-state index in [1.165, 1.54) is 36.1 Å². The first-order chi connectivity index (χ1) is 18.3. The quantitative estimate of drug-likeness (QED) is 0.134. The third-order valence-electron chi connectivity index (χ3n) is 5.48. The van der Waals surface area contributed by atoms with Crippen LogP contribution in [0.3, 0.4) is 0 Å². The number of thiazole rings is 1. The maximum Gasteiger partial charge on any atom is 0.357 e. The Labute approximate surface area is 245 Å². The van der Waals surface area contributed by atoms with Crippen LogP contribution >= 0.6 is 35.5 Å². The molecule has 0 bridgehead atoms. The number of carbonyl (C=O) groups excluding carboxylic acids is 5. The largest absolute Gasteiger partial charge is 0.427 e. The molecule has 220 valence electrons. The molecule has 17 heteroatoms. The van der Waals surface area contributed by atoms with Gasteiger partial charge in [0.25, 0.3) is 11.8 Å². The molecule has 0 aliphatic carbocycles. The molecule has 40 heavy (non-hydrogen) atoms. The molecule has 1 aromatic rings. The third-order valence-corrected chi connectivity index (χ3v) is 7.64. The third kappa shape index (κ3) is 7.10. The topological polar surface area (TPSA) is 183 Å². The van der Waals surface area contributed by atoms with Crippen molar-refractivity contribution in [2.45, 2.75) is 52.1 Å². The minimum absolute atomic E-state index is 0. The molecule has 14 nitrogen and oxygen atoms in total. The predicted octanol–water partition coefficient (Wildman–Crippen LogP) is 1.46. The molecule has 0 spiro atoms. The van der Waals surface area contributed by atoms with Gasteiger partial charge in [0.15, 0.2) is 5.13 Å². The van der Waals surface area contributed by atoms with Gasteiger partial charge >= 0.3 is 11.9 Å². The van der Waals surface area contributed by atoms with E-state index in [1.807, 2.05) is 0 Å². The second-order valence-electron chi connectivity index (χ2n) is 9.63. The van der Waals surface area contributed by atoms with Gasteiger partial charge in [-0.25, -0.2) is 9.78 Å². The number of thioether (sulfide) groups is 1. The van der Waals surface area contributed by atoms with Crippen LogP contribution in [0.25, 0.3) is 0 Å². The zero-order valence-corrected chi connectivity index (χ0v) is 25.1. The van der Waals surface area contributed by atoms with Crippen LogP contribution in [0.5, 0.6) is 0 Å². The fraction of sp³-hybridized carbons (Fsp3) is 0.522. The van der Waals surface area contributed by atoms with Crippen molar-refractivity contribution in [3.05, 3.63) is 16.7 Å². The van der Waals surface area contributed by atoms with Gasteiger partial charge in [-0.3, -0.25) is 29.0 Å². The Morgan fingerprint density at radius 3 is 2.60 bits per heavy atom. The number of amides is 3. The molecule has 3 N–H and O–H groups in total. The SMILES string of the molecule is CON=CC(=O)N(c1csc(NC(=O)[C@H](C)N)n1)[C@@H]1C(=O)N2C(C(=O)OCOC(=O)C(C)(C)C)=C(C)CS[C@H]12.Cl. The molecule has 0 radical (unpaired) electrons. The zero-order chi connectivity index (χ0) is 29.1. The summed E-state index contributed by atoms with van der Waals surface area (Å²) in [5.74, 6) is -2.65. The minimum Gasteiger partial charge on any atom is -0.427 e. The van der Waals surface area contributed by atoms with Crippen molar-refractivity contribution in [2.24, 2.45) is 16.3 Å². The van der Waals surface area contributed by atoms with Crippen LogP contribution in [-0.2, 0) is 38.3 Å². The summed E-state index contributed by atoms with van der Waals surface area (Å²) in [6.07, 6.45) is 0.892. The lowest BCUT2D eigenvalue weighted by Gasteiger charge is -2.52. The molecule has 2 aliphatic rings. The van der Waals surface area contributed by atoms with Gasteiger partial charge in [0.2, 0.25) is 12.7 Å². The van der Waals surface area contributed by atoms with Gasteiger partial charge < -0.3 is 25.4 Å². The number of halogens is 1. The number of rotatable bonds is 9. The lowest BCUT2D eigenvalue weighted by atomic mass is 9.98. The fourth-order valence-corrected chi connectivity index (χ4v) is 5.50. The number of β-lactam (4-membered cyclic amide) rings is 1. The molecule has 1 fully saturated rings. The van der Waals surface area contributed by atoms with Gasteiger partial charge in [0, 0.05) is 11.1 Å². The normalized spacial score (nSPS) is 19.2. The number of carbonyl (C=O) groups is 5. The van der Waals surface area contributed by atoms with Gasteiger partial charge in [0.1, 0.15) is 36.3 Å². The second kappa shape index (κ2) is 13.4. The van der Waals surface area contributed by atoms with Gasteiger partial charge in [-0.1, -0.05) is 5.16 Å². The summed E-state index contributed by atoms with van der Waals surface area (Å²) >= 11 is 2.39. The molecule has 3 heterocycles. The number of aromatic nitrogens is 1. The Morgan fingerprint density at radius 2 is 2.00 bits per heavy atom. The van der Waals surface area contributed by atoms with Gasteiger partial charge in [0.05, 0.1) is 11.5 Å². The molecule has 1 saturated heterocycles. The molecule has 3 amide bonds. The standard InChI is InChI=1S/C23H30N6O8S2.ClH/c1-11-8-38-19-16(18(32)29(19)15(11)20(33)36-10-37-21(34)23(3,4)5)28(14(30)7-25-35-6)13-9-39-22(26-13)27-17(31)12(2)24;/h7,9,12,16,19H,8,10,24H2,1-6H3,(H,26,27,31);1H/t12-,16+,19+;/m0./s1. The van der Waals surface area contributed by atoms with Crippen molar-refractivity contribution in [3.63, 3.8) is 0 Å². The van der Waals surface area contributed by atoms with Crippen LogP contribution in [0.4, 0.5) is 10.9 Å². The number of nitrogens with two attached hydrogens (primary N) is 1. The van der Waals surface area contributed by atoms with Crippen LogP contribution in [0.1, 0.15) is 34.6 Å². The first-order valence-corrected chi connectivity index (χ1v) is 13.6. The van der Waals surface area contributed by atoms with E-state index in [0.717, 1.165) is 22.5 Å². The van der Waals surface area contributed by atoms with E-state index in [1.54, 1.807) is 27.7 Å². The number of ether oxygens (including phenoxy) is 2. The van der Waals surface area contributed by atoms with E-state index < -0.39 is 59.3 Å². The van der Waals surface area contributed by atoms with E-state index in [9.17, 15) is 24.0 Å². The second-order valence-corrected chi connectivity index (χ2v) is 11.6. The summed E-state index contributed by atoms with van der Waals surface area (Å²) in [4.78, 5) is 74.6. The number of nitrogens with zero attached hydrogens (tertiary/aromatic N) is 4. The highest BCUT2D eigenvalue weighted by molar-refractivity contribution is 8.00. The fourth-order valence-electron chi connectivity index (χ4n) is 3.47. The number of hydrogen-bond acceptors (Lipinski definition) is 13. The molecule has 1 aromatic heterocycles. The monoisotopic (exact) mass is 618 g/mol. The van der Waals surface area contributed by atoms with Crippen molar-refractivity contribution in [3.8, 4) is 0 Å². The lowest BCUT2D eigenvalue weighted by molar-refractivity contribution is -0.173. The van der Waals surface area contributed by atoms with E-state index in [-0.39, 0.29) is 29.1 Å². The summed E-state index contributed by atoms with van der Waals surface area (Å²) in [5.41, 5.74) is 5.41. The maximum absolute atomic E-state index is 13.4. The molecule has 0 unspecified atom stereocenters. The van der Waals surface area contributed by atoms with Crippen LogP contribution < -0.4 is 16.0 Å². The average molecular weight is 619 g/mol. The van der Waals surface area contributed by atoms with Gasteiger partial charge in [-0.2, -0.15) is 0 Å². The summed E-state index contributed by atoms with van der Waals surface area (Å²) in [5, 5.41) is 7.08. The number of anilines is 2. The van der Waals surface area contributed by atoms with Crippen molar-refractivity contribution in [1.82, 2.24) is 9.88 Å². The highest BCUT2D eigenvalue weighted by Crippen LogP contribution is 2.44. The van der Waals surface area contributed by atoms with Crippen molar-refractivity contribution in [2.75, 3.05) is 29.9 Å². The molecule has 2 aliphatic heterocycles. The molecule has 0 saturated carbocycles. The van der Waals surface area contributed by atoms with E-state index in [2.05, 4.69) is 20.3 Å². The first-order valence-electron chi connectivity index (χ1n) is 11.7. The van der Waals surface area contributed by atoms with Crippen molar-refractivity contribution in [1.29, 1.82) is 0 Å². The molecule has 3 rings (SSSR count). The molecular weight excluding hydrogens is 588 g/mol. The van der Waals surface area contributed by atoms with Crippen molar-refractivity contribution < 1.29 is 38.3 Å². The Balaban J connectivity index is 0.00000560. The lowest BCUT2D eigenvalue weighted by Crippen LogP contribution is -2.72. The van der Waals surface area contributed by atoms with E-state index in [4.69, 9.17) is 15.2 Å². The molecular formula is C23H31ClN6O8S2. The van der Waals surface area contributed by atoms with Crippen LogP contribution in [0, 0.1) is 5.41 Å². The van der Waals surface area contributed by atoms with E-state index >= 15 is 0 Å². The highest BCUT2D eigenvalue weighted by atomic mass is 35.5. The summed E-state index contributed by atoms with van der Waals surface area (Å²) in [7, 11) is 1.26. The number of oxime groups is 1. The number of hydrogen-bond donors (Lipinski definition) is 2. The first kappa shape index (κ1) is 33.0. The average Bonchev–Trinajstić information content (AvgIpc) is 3.32. The number of esters is 2. The van der Waals surface area contributed by atoms with Crippen LogP contribution in [-0.4, -0.2) is 82.9 Å². The summed E-state index contributed by atoms with van der Waals surface area (Å²) in [6, 6.07) is -1.82. The molecule has 3 atom stereocenters. The summed E-state index contributed by atoms with van der Waals surface area (Å²) in [6.45, 7) is 7.57.